The normalized spacial score (nSPS) is 14.5. The lowest BCUT2D eigenvalue weighted by atomic mass is 9.97. The van der Waals surface area contributed by atoms with Crippen molar-refractivity contribution in [2.24, 2.45) is 0 Å². The topological polar surface area (TPSA) is 105 Å². The zero-order chi connectivity index (χ0) is 30.9. The Hall–Kier alpha value is -3.85. The molecule has 0 saturated carbocycles. The first-order chi connectivity index (χ1) is 20.6. The zero-order valence-corrected chi connectivity index (χ0v) is 26.2. The van der Waals surface area contributed by atoms with Crippen LogP contribution in [0.4, 0.5) is 5.69 Å². The number of hydrogen-bond acceptors (Lipinski definition) is 6. The van der Waals surface area contributed by atoms with Crippen LogP contribution in [0.1, 0.15) is 76.5 Å². The fraction of sp³-hybridized carbons (Fsp3) is 0.412. The van der Waals surface area contributed by atoms with Crippen LogP contribution in [0.2, 0.25) is 0 Å². The maximum absolute atomic E-state index is 13.2. The Morgan fingerprint density at radius 3 is 2.23 bits per heavy atom. The number of sulfonamides is 1. The largest absolute Gasteiger partial charge is 0.478 e. The van der Waals surface area contributed by atoms with E-state index < -0.39 is 21.5 Å². The van der Waals surface area contributed by atoms with Gasteiger partial charge in [-0.2, -0.15) is 0 Å². The number of benzene rings is 3. The number of ether oxygens (including phenoxy) is 1. The van der Waals surface area contributed by atoms with E-state index in [-0.39, 0.29) is 23.3 Å². The van der Waals surface area contributed by atoms with Crippen LogP contribution in [0, 0.1) is 0 Å². The van der Waals surface area contributed by atoms with Crippen molar-refractivity contribution in [1.29, 1.82) is 0 Å². The van der Waals surface area contributed by atoms with Gasteiger partial charge in [0.1, 0.15) is 5.75 Å². The highest BCUT2D eigenvalue weighted by atomic mass is 32.2. The molecular weight excluding hydrogens is 562 g/mol. The molecule has 230 valence electrons. The van der Waals surface area contributed by atoms with Crippen LogP contribution in [0.5, 0.6) is 5.75 Å². The van der Waals surface area contributed by atoms with Gasteiger partial charge < -0.3 is 15.0 Å². The third-order valence-corrected chi connectivity index (χ3v) is 9.03. The number of piperidine rings is 1. The molecule has 1 saturated heterocycles. The number of para-hydroxylation sites is 1. The molecule has 4 rings (SSSR count). The van der Waals surface area contributed by atoms with E-state index in [1.165, 1.54) is 56.5 Å². The van der Waals surface area contributed by atoms with Crippen molar-refractivity contribution in [1.82, 2.24) is 10.0 Å². The molecule has 1 unspecified atom stereocenters. The summed E-state index contributed by atoms with van der Waals surface area (Å²) in [6.45, 7) is 7.25. The third kappa shape index (κ3) is 8.83. The van der Waals surface area contributed by atoms with Gasteiger partial charge in [-0.3, -0.25) is 9.59 Å². The Kier molecular flexibility index (Phi) is 10.9. The maximum atomic E-state index is 13.2. The van der Waals surface area contributed by atoms with Gasteiger partial charge >= 0.3 is 0 Å². The molecule has 9 heteroatoms. The fourth-order valence-electron chi connectivity index (χ4n) is 5.27. The molecule has 0 aromatic heterocycles. The molecule has 0 aliphatic carbocycles. The van der Waals surface area contributed by atoms with Gasteiger partial charge in [0.25, 0.3) is 15.9 Å². The van der Waals surface area contributed by atoms with Gasteiger partial charge in [0.15, 0.2) is 5.60 Å². The molecule has 2 N–H and O–H groups in total. The molecule has 8 nitrogen and oxygen atoms in total. The average Bonchev–Trinajstić information content (AvgIpc) is 3.01. The summed E-state index contributed by atoms with van der Waals surface area (Å²) in [6.07, 6.45) is 6.78. The van der Waals surface area contributed by atoms with E-state index in [0.717, 1.165) is 37.9 Å². The second-order valence-corrected chi connectivity index (χ2v) is 13.2. The Labute approximate surface area is 255 Å². The number of carbonyl (C=O) groups excluding carboxylic acids is 2. The third-order valence-electron chi connectivity index (χ3n) is 7.68. The lowest BCUT2D eigenvalue weighted by molar-refractivity contribution is -0.132. The molecule has 0 radical (unpaired) electrons. The Morgan fingerprint density at radius 2 is 1.56 bits per heavy atom. The number of nitrogens with zero attached hydrogens (tertiary/aromatic N) is 1. The molecule has 1 aliphatic rings. The predicted octanol–water partition coefficient (Wildman–Crippen LogP) is 5.93. The summed E-state index contributed by atoms with van der Waals surface area (Å²) in [7, 11) is -4.03. The van der Waals surface area contributed by atoms with E-state index in [4.69, 9.17) is 4.74 Å². The number of nitrogens with one attached hydrogen (secondary N) is 2. The molecule has 0 spiro atoms. The smallest absolute Gasteiger partial charge is 0.277 e. The highest BCUT2D eigenvalue weighted by Gasteiger charge is 2.33. The van der Waals surface area contributed by atoms with Gasteiger partial charge in [0.2, 0.25) is 5.91 Å². The lowest BCUT2D eigenvalue weighted by Gasteiger charge is -2.33. The quantitative estimate of drug-likeness (QED) is 0.250. The molecule has 0 bridgehead atoms. The van der Waals surface area contributed by atoms with Gasteiger partial charge in [-0.25, -0.2) is 13.1 Å². The molecule has 1 heterocycles. The number of hydrogen-bond donors (Lipinski definition) is 2. The van der Waals surface area contributed by atoms with Crippen LogP contribution in [-0.2, 0) is 26.0 Å². The van der Waals surface area contributed by atoms with E-state index in [1.807, 2.05) is 6.07 Å². The second-order valence-electron chi connectivity index (χ2n) is 11.5. The summed E-state index contributed by atoms with van der Waals surface area (Å²) in [5.74, 6) is -0.463. The SMILES string of the molecule is CCCCC(NC(=O)Cc1ccc(OC(C)(C)C(=O)NS(=O)(=O)c2ccccc2)cc1)c1ccccc1N1CCCCC1. The number of amides is 2. The van der Waals surface area contributed by atoms with Crippen molar-refractivity contribution in [3.05, 3.63) is 90.0 Å². The van der Waals surface area contributed by atoms with Crippen LogP contribution in [0.15, 0.2) is 83.8 Å². The first-order valence-electron chi connectivity index (χ1n) is 15.1. The average molecular weight is 606 g/mol. The first kappa shape index (κ1) is 32.1. The molecular formula is C34H43N3O5S. The standard InChI is InChI=1S/C34H43N3O5S/c1-4-5-17-30(29-16-10-11-18-31(29)37-23-12-7-13-24-37)35-32(38)25-26-19-21-27(22-20-26)42-34(2,3)33(39)36-43(40,41)28-14-8-6-9-15-28/h6,8-11,14-16,18-22,30H,4-5,7,12-13,17,23-25H2,1-3H3,(H,35,38)(H,36,39). The summed E-state index contributed by atoms with van der Waals surface area (Å²) in [5.41, 5.74) is 1.73. The minimum atomic E-state index is -4.03. The van der Waals surface area contributed by atoms with Gasteiger partial charge in [0.05, 0.1) is 17.4 Å². The van der Waals surface area contributed by atoms with Crippen molar-refractivity contribution in [3.8, 4) is 5.75 Å². The summed E-state index contributed by atoms with van der Waals surface area (Å²) >= 11 is 0. The number of rotatable bonds is 13. The first-order valence-corrected chi connectivity index (χ1v) is 16.6. The molecule has 1 atom stereocenters. The van der Waals surface area contributed by atoms with E-state index in [1.54, 1.807) is 42.5 Å². The predicted molar refractivity (Wildman–Crippen MR) is 170 cm³/mol. The minimum absolute atomic E-state index is 0.00584. The monoisotopic (exact) mass is 605 g/mol. The van der Waals surface area contributed by atoms with Crippen LogP contribution < -0.4 is 19.7 Å². The second kappa shape index (κ2) is 14.6. The highest BCUT2D eigenvalue weighted by molar-refractivity contribution is 7.90. The van der Waals surface area contributed by atoms with Crippen molar-refractivity contribution < 1.29 is 22.7 Å². The molecule has 1 aliphatic heterocycles. The minimum Gasteiger partial charge on any atom is -0.478 e. The van der Waals surface area contributed by atoms with Crippen molar-refractivity contribution in [2.45, 2.75) is 82.3 Å². The Bertz CT molecular complexity index is 1470. The van der Waals surface area contributed by atoms with Gasteiger partial charge in [0, 0.05) is 18.8 Å². The lowest BCUT2D eigenvalue weighted by Crippen LogP contribution is -2.48. The Balaban J connectivity index is 1.38. The molecule has 1 fully saturated rings. The number of carbonyl (C=O) groups is 2. The van der Waals surface area contributed by atoms with Gasteiger partial charge in [-0.1, -0.05) is 68.3 Å². The molecule has 3 aromatic rings. The summed E-state index contributed by atoms with van der Waals surface area (Å²) in [6, 6.07) is 23.0. The highest BCUT2D eigenvalue weighted by Crippen LogP contribution is 2.31. The fourth-order valence-corrected chi connectivity index (χ4v) is 6.39. The van der Waals surface area contributed by atoms with Gasteiger partial charge in [-0.05, 0) is 81.0 Å². The maximum Gasteiger partial charge on any atom is 0.277 e. The summed E-state index contributed by atoms with van der Waals surface area (Å²) < 4.78 is 33.1. The number of unbranched alkanes of at least 4 members (excludes halogenated alkanes) is 1. The van der Waals surface area contributed by atoms with E-state index in [2.05, 4.69) is 40.1 Å². The van der Waals surface area contributed by atoms with E-state index >= 15 is 0 Å². The van der Waals surface area contributed by atoms with Crippen LogP contribution in [0.3, 0.4) is 0 Å². The summed E-state index contributed by atoms with van der Waals surface area (Å²) in [4.78, 5) is 28.5. The Morgan fingerprint density at radius 1 is 0.907 bits per heavy atom. The van der Waals surface area contributed by atoms with Crippen LogP contribution in [-0.4, -0.2) is 38.9 Å². The van der Waals surface area contributed by atoms with Crippen molar-refractivity contribution in [2.75, 3.05) is 18.0 Å². The van der Waals surface area contributed by atoms with E-state index in [9.17, 15) is 18.0 Å². The van der Waals surface area contributed by atoms with Gasteiger partial charge in [-0.15, -0.1) is 0 Å². The molecule has 43 heavy (non-hydrogen) atoms. The number of anilines is 1. The summed E-state index contributed by atoms with van der Waals surface area (Å²) in [5, 5.41) is 3.29. The van der Waals surface area contributed by atoms with E-state index in [0.29, 0.717) is 5.75 Å². The van der Waals surface area contributed by atoms with Crippen molar-refractivity contribution >= 4 is 27.5 Å². The molecule has 2 amide bonds. The zero-order valence-electron chi connectivity index (χ0n) is 25.3. The van der Waals surface area contributed by atoms with Crippen LogP contribution in [0.25, 0.3) is 0 Å². The molecule has 3 aromatic carbocycles. The van der Waals surface area contributed by atoms with Crippen LogP contribution >= 0.6 is 0 Å². The van der Waals surface area contributed by atoms with Crippen molar-refractivity contribution in [3.63, 3.8) is 0 Å².